The van der Waals surface area contributed by atoms with E-state index in [2.05, 4.69) is 0 Å². The Hall–Kier alpha value is -2.66. The van der Waals surface area contributed by atoms with Gasteiger partial charge in [-0.3, -0.25) is 9.59 Å². The fourth-order valence-electron chi connectivity index (χ4n) is 4.11. The minimum absolute atomic E-state index is 0.0488. The SMILES string of the molecule is CC[C@@]1(O)CCc2c(cc3c(c2O)C(=O)c2c(OC)cccc2C3=O)C1. The van der Waals surface area contributed by atoms with E-state index < -0.39 is 11.4 Å². The molecule has 0 saturated carbocycles. The number of benzene rings is 2. The van der Waals surface area contributed by atoms with E-state index in [-0.39, 0.29) is 33.8 Å². The van der Waals surface area contributed by atoms with Gasteiger partial charge in [0.1, 0.15) is 11.5 Å². The molecule has 26 heavy (non-hydrogen) atoms. The summed E-state index contributed by atoms with van der Waals surface area (Å²) in [5.41, 5.74) is 1.29. The first-order chi connectivity index (χ1) is 12.4. The minimum Gasteiger partial charge on any atom is -0.507 e. The number of carbonyl (C=O) groups is 2. The fraction of sp³-hybridized carbons (Fsp3) is 0.333. The predicted octanol–water partition coefficient (Wildman–Crippen LogP) is 2.81. The molecule has 5 nitrogen and oxygen atoms in total. The zero-order valence-electron chi connectivity index (χ0n) is 14.8. The number of phenols is 1. The van der Waals surface area contributed by atoms with Gasteiger partial charge in [0, 0.05) is 17.5 Å². The topological polar surface area (TPSA) is 83.8 Å². The van der Waals surface area contributed by atoms with Crippen molar-refractivity contribution in [3.8, 4) is 11.5 Å². The molecule has 0 heterocycles. The Morgan fingerprint density at radius 3 is 2.62 bits per heavy atom. The number of ketones is 2. The molecule has 0 bridgehead atoms. The summed E-state index contributed by atoms with van der Waals surface area (Å²) in [6.45, 7) is 1.92. The number of ether oxygens (including phenoxy) is 1. The second kappa shape index (κ2) is 5.68. The van der Waals surface area contributed by atoms with Crippen molar-refractivity contribution in [3.63, 3.8) is 0 Å². The van der Waals surface area contributed by atoms with Gasteiger partial charge >= 0.3 is 0 Å². The van der Waals surface area contributed by atoms with E-state index in [1.54, 1.807) is 24.3 Å². The number of aromatic hydroxyl groups is 1. The van der Waals surface area contributed by atoms with Gasteiger partial charge in [0.2, 0.25) is 5.78 Å². The monoisotopic (exact) mass is 352 g/mol. The summed E-state index contributed by atoms with van der Waals surface area (Å²) in [5, 5.41) is 21.4. The van der Waals surface area contributed by atoms with Gasteiger partial charge in [-0.1, -0.05) is 19.1 Å². The number of rotatable bonds is 2. The molecule has 0 aromatic heterocycles. The van der Waals surface area contributed by atoms with Crippen LogP contribution in [0.1, 0.15) is 62.7 Å². The summed E-state index contributed by atoms with van der Waals surface area (Å²) in [7, 11) is 1.45. The molecule has 0 radical (unpaired) electrons. The highest BCUT2D eigenvalue weighted by molar-refractivity contribution is 6.30. The lowest BCUT2D eigenvalue weighted by atomic mass is 9.74. The molecule has 134 valence electrons. The Labute approximate surface area is 151 Å². The summed E-state index contributed by atoms with van der Waals surface area (Å²) in [4.78, 5) is 26.1. The Balaban J connectivity index is 1.94. The van der Waals surface area contributed by atoms with Gasteiger partial charge in [-0.15, -0.1) is 0 Å². The molecule has 0 spiro atoms. The third kappa shape index (κ3) is 2.20. The van der Waals surface area contributed by atoms with Crippen molar-refractivity contribution in [2.24, 2.45) is 0 Å². The van der Waals surface area contributed by atoms with Gasteiger partial charge in [0.15, 0.2) is 5.78 Å². The van der Waals surface area contributed by atoms with Crippen molar-refractivity contribution >= 4 is 11.6 Å². The van der Waals surface area contributed by atoms with Crippen LogP contribution in [0.3, 0.4) is 0 Å². The molecule has 2 aliphatic rings. The molecule has 5 heteroatoms. The van der Waals surface area contributed by atoms with Crippen LogP contribution in [0, 0.1) is 0 Å². The summed E-state index contributed by atoms with van der Waals surface area (Å²) in [6.07, 6.45) is 1.95. The van der Waals surface area contributed by atoms with Crippen LogP contribution < -0.4 is 4.74 Å². The molecule has 0 aliphatic heterocycles. The van der Waals surface area contributed by atoms with Crippen LogP contribution in [-0.2, 0) is 12.8 Å². The second-order valence-corrected chi connectivity index (χ2v) is 7.08. The molecule has 0 fully saturated rings. The molecule has 2 N–H and O–H groups in total. The van der Waals surface area contributed by atoms with E-state index in [4.69, 9.17) is 4.74 Å². The maximum absolute atomic E-state index is 13.1. The maximum atomic E-state index is 13.1. The van der Waals surface area contributed by atoms with Crippen LogP contribution in [-0.4, -0.2) is 34.5 Å². The van der Waals surface area contributed by atoms with Crippen molar-refractivity contribution in [1.82, 2.24) is 0 Å². The zero-order chi connectivity index (χ0) is 18.6. The molecule has 0 amide bonds. The molecule has 2 aliphatic carbocycles. The lowest BCUT2D eigenvalue weighted by Crippen LogP contribution is -2.35. The van der Waals surface area contributed by atoms with Gasteiger partial charge in [-0.05, 0) is 42.5 Å². The third-order valence-corrected chi connectivity index (χ3v) is 5.71. The fourth-order valence-corrected chi connectivity index (χ4v) is 4.11. The summed E-state index contributed by atoms with van der Waals surface area (Å²) in [6, 6.07) is 6.57. The van der Waals surface area contributed by atoms with Gasteiger partial charge in [-0.25, -0.2) is 0 Å². The molecule has 2 aromatic carbocycles. The van der Waals surface area contributed by atoms with Crippen LogP contribution in [0.5, 0.6) is 11.5 Å². The summed E-state index contributed by atoms with van der Waals surface area (Å²) >= 11 is 0. The average molecular weight is 352 g/mol. The van der Waals surface area contributed by atoms with Gasteiger partial charge in [0.25, 0.3) is 0 Å². The Bertz CT molecular complexity index is 959. The predicted molar refractivity (Wildman–Crippen MR) is 95.2 cm³/mol. The van der Waals surface area contributed by atoms with E-state index in [0.717, 1.165) is 5.56 Å². The summed E-state index contributed by atoms with van der Waals surface area (Å²) in [5.74, 6) is -0.518. The largest absolute Gasteiger partial charge is 0.507 e. The second-order valence-electron chi connectivity index (χ2n) is 7.08. The number of fused-ring (bicyclic) bond motifs is 3. The van der Waals surface area contributed by atoms with Crippen LogP contribution in [0.15, 0.2) is 24.3 Å². The highest BCUT2D eigenvalue weighted by Gasteiger charge is 2.39. The molecule has 4 rings (SSSR count). The molecule has 0 saturated heterocycles. The van der Waals surface area contributed by atoms with Crippen LogP contribution in [0.25, 0.3) is 0 Å². The lowest BCUT2D eigenvalue weighted by molar-refractivity contribution is 0.0223. The lowest BCUT2D eigenvalue weighted by Gasteiger charge is -2.34. The molecule has 2 aromatic rings. The smallest absolute Gasteiger partial charge is 0.201 e. The van der Waals surface area contributed by atoms with Crippen molar-refractivity contribution in [1.29, 1.82) is 0 Å². The Morgan fingerprint density at radius 1 is 1.15 bits per heavy atom. The van der Waals surface area contributed by atoms with E-state index >= 15 is 0 Å². The van der Waals surface area contributed by atoms with E-state index in [1.165, 1.54) is 7.11 Å². The van der Waals surface area contributed by atoms with Crippen molar-refractivity contribution in [3.05, 3.63) is 57.6 Å². The van der Waals surface area contributed by atoms with Crippen LogP contribution in [0.4, 0.5) is 0 Å². The zero-order valence-corrected chi connectivity index (χ0v) is 14.8. The molecule has 1 atom stereocenters. The third-order valence-electron chi connectivity index (χ3n) is 5.71. The maximum Gasteiger partial charge on any atom is 0.201 e. The number of hydrogen-bond donors (Lipinski definition) is 2. The molecular formula is C21H20O5. The first kappa shape index (κ1) is 16.8. The van der Waals surface area contributed by atoms with Crippen molar-refractivity contribution in [2.75, 3.05) is 7.11 Å². The standard InChI is InChI=1S/C21H20O5/c1-3-21(25)8-7-12-11(10-21)9-14-17(19(12)23)20(24)16-13(18(14)22)5-4-6-15(16)26-2/h4-6,9,23,25H,3,7-8,10H2,1-2H3/t21-/m1/s1. The van der Waals surface area contributed by atoms with Crippen molar-refractivity contribution < 1.29 is 24.5 Å². The minimum atomic E-state index is -0.837. The molecular weight excluding hydrogens is 332 g/mol. The number of aliphatic hydroxyl groups is 1. The van der Waals surface area contributed by atoms with Gasteiger partial charge < -0.3 is 14.9 Å². The van der Waals surface area contributed by atoms with Crippen molar-refractivity contribution in [2.45, 2.75) is 38.2 Å². The first-order valence-electron chi connectivity index (χ1n) is 8.76. The van der Waals surface area contributed by atoms with Crippen LogP contribution >= 0.6 is 0 Å². The first-order valence-corrected chi connectivity index (χ1v) is 8.76. The highest BCUT2D eigenvalue weighted by atomic mass is 16.5. The number of methoxy groups -OCH3 is 1. The van der Waals surface area contributed by atoms with Crippen LogP contribution in [0.2, 0.25) is 0 Å². The van der Waals surface area contributed by atoms with E-state index in [1.807, 2.05) is 6.92 Å². The summed E-state index contributed by atoms with van der Waals surface area (Å²) < 4.78 is 5.25. The average Bonchev–Trinajstić information content (AvgIpc) is 2.65. The van der Waals surface area contributed by atoms with Gasteiger partial charge in [0.05, 0.1) is 23.8 Å². The highest BCUT2D eigenvalue weighted by Crippen LogP contribution is 2.43. The quantitative estimate of drug-likeness (QED) is 0.741. The normalized spacial score (nSPS) is 21.0. The number of carbonyl (C=O) groups excluding carboxylic acids is 2. The Morgan fingerprint density at radius 2 is 1.92 bits per heavy atom. The number of hydrogen-bond acceptors (Lipinski definition) is 5. The Kier molecular flexibility index (Phi) is 3.66. The molecule has 0 unspecified atom stereocenters. The van der Waals surface area contributed by atoms with E-state index in [0.29, 0.717) is 37.0 Å². The number of phenolic OH excluding ortho intramolecular Hbond substituents is 1. The van der Waals surface area contributed by atoms with E-state index in [9.17, 15) is 19.8 Å². The van der Waals surface area contributed by atoms with Gasteiger partial charge in [-0.2, -0.15) is 0 Å².